The van der Waals surface area contributed by atoms with E-state index in [4.69, 9.17) is 4.74 Å². The van der Waals surface area contributed by atoms with Crippen LogP contribution in [0.5, 0.6) is 11.5 Å². The topological polar surface area (TPSA) is 41.5 Å². The van der Waals surface area contributed by atoms with Gasteiger partial charge in [-0.3, -0.25) is 0 Å². The molecule has 1 atom stereocenters. The molecular weight excluding hydrogens is 262 g/mol. The number of ether oxygens (including phenoxy) is 1. The Morgan fingerprint density at radius 1 is 1.14 bits per heavy atom. The molecule has 0 radical (unpaired) electrons. The van der Waals surface area contributed by atoms with Crippen molar-refractivity contribution in [1.82, 2.24) is 5.32 Å². The summed E-state index contributed by atoms with van der Waals surface area (Å²) in [4.78, 5) is 0. The molecule has 0 aliphatic carbocycles. The maximum Gasteiger partial charge on any atom is 0.120 e. The van der Waals surface area contributed by atoms with Gasteiger partial charge in [0.15, 0.2) is 0 Å². The average molecular weight is 285 g/mol. The van der Waals surface area contributed by atoms with Crippen molar-refractivity contribution in [2.45, 2.75) is 32.4 Å². The highest BCUT2D eigenvalue weighted by Crippen LogP contribution is 2.22. The van der Waals surface area contributed by atoms with Crippen molar-refractivity contribution in [2.24, 2.45) is 0 Å². The third-order valence-corrected chi connectivity index (χ3v) is 3.64. The van der Waals surface area contributed by atoms with Crippen LogP contribution >= 0.6 is 0 Å². The highest BCUT2D eigenvalue weighted by Gasteiger charge is 2.06. The van der Waals surface area contributed by atoms with Crippen molar-refractivity contribution in [2.75, 3.05) is 7.11 Å². The summed E-state index contributed by atoms with van der Waals surface area (Å²) in [5.74, 6) is 1.07. The first kappa shape index (κ1) is 15.4. The van der Waals surface area contributed by atoms with Gasteiger partial charge in [0.1, 0.15) is 11.5 Å². The highest BCUT2D eigenvalue weighted by atomic mass is 16.5. The summed E-state index contributed by atoms with van der Waals surface area (Å²) in [7, 11) is 1.63. The van der Waals surface area contributed by atoms with Crippen molar-refractivity contribution < 1.29 is 9.84 Å². The number of hydrogen-bond donors (Lipinski definition) is 2. The summed E-state index contributed by atoms with van der Waals surface area (Å²) >= 11 is 0. The highest BCUT2D eigenvalue weighted by molar-refractivity contribution is 5.39. The summed E-state index contributed by atoms with van der Waals surface area (Å²) in [5.41, 5.74) is 2.22. The van der Waals surface area contributed by atoms with E-state index < -0.39 is 0 Å². The Kier molecular flexibility index (Phi) is 5.64. The molecule has 0 aliphatic rings. The molecule has 3 heteroatoms. The first-order chi connectivity index (χ1) is 10.2. The maximum atomic E-state index is 9.86. The molecule has 0 spiro atoms. The second-order valence-corrected chi connectivity index (χ2v) is 5.30. The lowest BCUT2D eigenvalue weighted by Crippen LogP contribution is -2.26. The predicted octanol–water partition coefficient (Wildman–Crippen LogP) is 3.51. The van der Waals surface area contributed by atoms with Gasteiger partial charge in [0.2, 0.25) is 0 Å². The zero-order valence-corrected chi connectivity index (χ0v) is 12.7. The Morgan fingerprint density at radius 2 is 1.90 bits per heavy atom. The molecule has 0 aromatic heterocycles. The average Bonchev–Trinajstić information content (AvgIpc) is 2.53. The lowest BCUT2D eigenvalue weighted by atomic mass is 10.1. The van der Waals surface area contributed by atoms with Crippen LogP contribution in [0.2, 0.25) is 0 Å². The molecule has 1 unspecified atom stereocenters. The van der Waals surface area contributed by atoms with E-state index in [0.717, 1.165) is 24.2 Å². The fraction of sp³-hybridized carbons (Fsp3) is 0.333. The van der Waals surface area contributed by atoms with E-state index in [9.17, 15) is 5.11 Å². The number of methoxy groups -OCH3 is 1. The zero-order valence-electron chi connectivity index (χ0n) is 12.7. The first-order valence-corrected chi connectivity index (χ1v) is 7.32. The van der Waals surface area contributed by atoms with Crippen molar-refractivity contribution in [3.8, 4) is 11.5 Å². The molecule has 0 heterocycles. The van der Waals surface area contributed by atoms with Crippen LogP contribution in [0.25, 0.3) is 0 Å². The number of benzene rings is 2. The van der Waals surface area contributed by atoms with Crippen molar-refractivity contribution in [3.63, 3.8) is 0 Å². The van der Waals surface area contributed by atoms with E-state index in [2.05, 4.69) is 36.5 Å². The molecule has 0 aliphatic heterocycles. The monoisotopic (exact) mass is 285 g/mol. The van der Waals surface area contributed by atoms with E-state index in [-0.39, 0.29) is 0 Å². The molecule has 2 N–H and O–H groups in total. The van der Waals surface area contributed by atoms with Gasteiger partial charge in [-0.25, -0.2) is 0 Å². The van der Waals surface area contributed by atoms with Gasteiger partial charge in [0.25, 0.3) is 0 Å². The lowest BCUT2D eigenvalue weighted by molar-refractivity contribution is 0.409. The number of nitrogens with one attached hydrogen (secondary N) is 1. The molecule has 0 saturated heterocycles. The fourth-order valence-corrected chi connectivity index (χ4v) is 2.24. The Bertz CT molecular complexity index is 554. The first-order valence-electron chi connectivity index (χ1n) is 7.32. The van der Waals surface area contributed by atoms with Crippen molar-refractivity contribution >= 4 is 0 Å². The number of aromatic hydroxyl groups is 1. The summed E-state index contributed by atoms with van der Waals surface area (Å²) in [6.07, 6.45) is 2.12. The smallest absolute Gasteiger partial charge is 0.120 e. The molecule has 2 aromatic carbocycles. The van der Waals surface area contributed by atoms with Gasteiger partial charge in [0, 0.05) is 18.2 Å². The van der Waals surface area contributed by atoms with Gasteiger partial charge < -0.3 is 15.2 Å². The second kappa shape index (κ2) is 7.70. The third-order valence-electron chi connectivity index (χ3n) is 3.64. The number of hydrogen-bond acceptors (Lipinski definition) is 3. The second-order valence-electron chi connectivity index (χ2n) is 5.30. The number of rotatable bonds is 7. The molecular formula is C18H23NO2. The fourth-order valence-electron chi connectivity index (χ4n) is 2.24. The van der Waals surface area contributed by atoms with Crippen LogP contribution in [0, 0.1) is 0 Å². The van der Waals surface area contributed by atoms with Gasteiger partial charge >= 0.3 is 0 Å². The number of phenols is 1. The van der Waals surface area contributed by atoms with Crippen molar-refractivity contribution in [1.29, 1.82) is 0 Å². The van der Waals surface area contributed by atoms with E-state index in [1.807, 2.05) is 12.1 Å². The van der Waals surface area contributed by atoms with E-state index in [1.165, 1.54) is 5.56 Å². The molecule has 112 valence electrons. The molecule has 3 nitrogen and oxygen atoms in total. The lowest BCUT2D eigenvalue weighted by Gasteiger charge is -2.15. The van der Waals surface area contributed by atoms with Crippen LogP contribution in [0.3, 0.4) is 0 Å². The normalized spacial score (nSPS) is 12.1. The molecule has 0 bridgehead atoms. The summed E-state index contributed by atoms with van der Waals surface area (Å²) in [6, 6.07) is 16.2. The Labute approximate surface area is 126 Å². The minimum atomic E-state index is 0.304. The van der Waals surface area contributed by atoms with Gasteiger partial charge in [-0.2, -0.15) is 0 Å². The van der Waals surface area contributed by atoms with Crippen LogP contribution in [0.4, 0.5) is 0 Å². The molecule has 21 heavy (non-hydrogen) atoms. The summed E-state index contributed by atoms with van der Waals surface area (Å²) in [5, 5.41) is 13.3. The van der Waals surface area contributed by atoms with E-state index in [0.29, 0.717) is 18.3 Å². The van der Waals surface area contributed by atoms with E-state index in [1.54, 1.807) is 19.2 Å². The molecule has 0 amide bonds. The molecule has 0 saturated carbocycles. The van der Waals surface area contributed by atoms with Gasteiger partial charge in [0.05, 0.1) is 7.11 Å². The van der Waals surface area contributed by atoms with Gasteiger partial charge in [-0.05, 0) is 43.5 Å². The van der Waals surface area contributed by atoms with Crippen LogP contribution in [-0.4, -0.2) is 18.3 Å². The predicted molar refractivity (Wildman–Crippen MR) is 85.7 cm³/mol. The van der Waals surface area contributed by atoms with Gasteiger partial charge in [-0.15, -0.1) is 0 Å². The zero-order chi connectivity index (χ0) is 15.1. The van der Waals surface area contributed by atoms with E-state index >= 15 is 0 Å². The van der Waals surface area contributed by atoms with Crippen LogP contribution < -0.4 is 10.1 Å². The maximum absolute atomic E-state index is 9.86. The standard InChI is InChI=1S/C18H23NO2/c1-14(8-9-15-6-4-3-5-7-15)19-13-16-12-17(21-2)10-11-18(16)20/h3-7,10-12,14,19-20H,8-9,13H2,1-2H3. The van der Waals surface area contributed by atoms with Crippen LogP contribution in [0.1, 0.15) is 24.5 Å². The van der Waals surface area contributed by atoms with Crippen molar-refractivity contribution in [3.05, 3.63) is 59.7 Å². The van der Waals surface area contributed by atoms with Crippen LogP contribution in [0.15, 0.2) is 48.5 Å². The molecule has 2 aromatic rings. The SMILES string of the molecule is COc1ccc(O)c(CNC(C)CCc2ccccc2)c1. The Hall–Kier alpha value is -2.00. The Balaban J connectivity index is 1.82. The summed E-state index contributed by atoms with van der Waals surface area (Å²) < 4.78 is 5.18. The molecule has 2 rings (SSSR count). The number of phenolic OH excluding ortho intramolecular Hbond substituents is 1. The largest absolute Gasteiger partial charge is 0.508 e. The minimum Gasteiger partial charge on any atom is -0.508 e. The summed E-state index contributed by atoms with van der Waals surface area (Å²) in [6.45, 7) is 2.80. The van der Waals surface area contributed by atoms with Gasteiger partial charge in [-0.1, -0.05) is 30.3 Å². The number of aryl methyl sites for hydroxylation is 1. The quantitative estimate of drug-likeness (QED) is 0.818. The van der Waals surface area contributed by atoms with Crippen LogP contribution in [-0.2, 0) is 13.0 Å². The molecule has 0 fully saturated rings. The minimum absolute atomic E-state index is 0.304. The third kappa shape index (κ3) is 4.80. The Morgan fingerprint density at radius 3 is 2.62 bits per heavy atom.